The molecule has 0 aliphatic rings. The Morgan fingerprint density at radius 3 is 1.85 bits per heavy atom. The van der Waals surface area contributed by atoms with Gasteiger partial charge in [-0.1, -0.05) is 24.3 Å². The molecule has 2 rings (SSSR count). The molecule has 0 heterocycles. The van der Waals surface area contributed by atoms with Crippen molar-refractivity contribution in [2.75, 3.05) is 0 Å². The first kappa shape index (κ1) is 21.7. The first-order chi connectivity index (χ1) is 11.5. The number of carboxylic acid groups (broad SMARTS) is 2. The fourth-order valence-corrected chi connectivity index (χ4v) is 4.60. The summed E-state index contributed by atoms with van der Waals surface area (Å²) >= 11 is 0. The van der Waals surface area contributed by atoms with E-state index in [2.05, 4.69) is 4.72 Å². The molecular formula is C14H10LiNO8S2. The van der Waals surface area contributed by atoms with Crippen molar-refractivity contribution < 1.29 is 55.5 Å². The normalized spacial score (nSPS) is 11.2. The zero-order chi connectivity index (χ0) is 18.8. The Kier molecular flexibility index (Phi) is 6.62. The van der Waals surface area contributed by atoms with Crippen molar-refractivity contribution >= 4 is 35.6 Å². The Hall–Kier alpha value is -2.32. The molecule has 0 atom stereocenters. The maximum atomic E-state index is 12.3. The Morgan fingerprint density at radius 2 is 1.31 bits per heavy atom. The molecule has 132 valence electrons. The molecule has 2 aromatic rings. The van der Waals surface area contributed by atoms with E-state index in [1.165, 1.54) is 12.1 Å². The smallest absolute Gasteiger partial charge is 0.563 e. The number of rotatable bonds is 6. The van der Waals surface area contributed by atoms with Gasteiger partial charge in [0.05, 0.1) is 16.0 Å². The Labute approximate surface area is 160 Å². The molecule has 0 saturated heterocycles. The van der Waals surface area contributed by atoms with Gasteiger partial charge >= 0.3 is 30.8 Å². The average Bonchev–Trinajstić information content (AvgIpc) is 2.54. The van der Waals surface area contributed by atoms with E-state index >= 15 is 0 Å². The van der Waals surface area contributed by atoms with E-state index < -0.39 is 46.0 Å². The number of nitrogens with zero attached hydrogens (tertiary/aromatic N) is 1. The van der Waals surface area contributed by atoms with E-state index in [4.69, 9.17) is 10.2 Å². The molecule has 0 amide bonds. The molecule has 0 radical (unpaired) electrons. The summed E-state index contributed by atoms with van der Waals surface area (Å²) in [5, 5.41) is 17.7. The summed E-state index contributed by atoms with van der Waals surface area (Å²) in [5.74, 6) is -2.77. The topological polar surface area (TPSA) is 157 Å². The molecule has 0 unspecified atom stereocenters. The monoisotopic (exact) mass is 391 g/mol. The van der Waals surface area contributed by atoms with Crippen molar-refractivity contribution in [1.82, 2.24) is 0 Å². The van der Waals surface area contributed by atoms with Crippen molar-refractivity contribution in [2.24, 2.45) is 0 Å². The van der Waals surface area contributed by atoms with Crippen LogP contribution in [-0.2, 0) is 17.9 Å². The summed E-state index contributed by atoms with van der Waals surface area (Å²) in [4.78, 5) is 21.0. The van der Waals surface area contributed by atoms with Gasteiger partial charge in [0.1, 0.15) is 0 Å². The van der Waals surface area contributed by atoms with E-state index in [-0.39, 0.29) is 24.4 Å². The minimum Gasteiger partial charge on any atom is -0.563 e. The van der Waals surface area contributed by atoms with Crippen LogP contribution in [0.2, 0.25) is 0 Å². The van der Waals surface area contributed by atoms with Crippen LogP contribution in [0, 0.1) is 0 Å². The van der Waals surface area contributed by atoms with Gasteiger partial charge in [0.15, 0.2) is 0 Å². The molecule has 2 aromatic carbocycles. The molecule has 0 saturated carbocycles. The standard InChI is InChI=1S/C14H10NO8S2.Li/c16-13(17)9-3-1-5-11(7-9)15-25(22,23)24(20,21)12-6-2-4-10(8-12)14(18)19;/h1-8H,(H,16,17)(H,18,19);/q-1;+1. The van der Waals surface area contributed by atoms with Gasteiger partial charge < -0.3 is 14.9 Å². The Balaban J connectivity index is 0.00000338. The second-order valence-electron chi connectivity index (χ2n) is 4.66. The number of carbonyl (C=O) groups is 2. The fourth-order valence-electron chi connectivity index (χ4n) is 1.78. The third kappa shape index (κ3) is 4.44. The van der Waals surface area contributed by atoms with Crippen LogP contribution in [0.5, 0.6) is 0 Å². The van der Waals surface area contributed by atoms with Crippen molar-refractivity contribution in [1.29, 1.82) is 0 Å². The maximum Gasteiger partial charge on any atom is 1.00 e. The van der Waals surface area contributed by atoms with E-state index in [1.54, 1.807) is 0 Å². The van der Waals surface area contributed by atoms with E-state index in [0.717, 1.165) is 30.3 Å². The van der Waals surface area contributed by atoms with Crippen LogP contribution in [-0.4, -0.2) is 39.0 Å². The number of aromatic carboxylic acids is 2. The first-order valence-corrected chi connectivity index (χ1v) is 9.88. The van der Waals surface area contributed by atoms with Crippen molar-refractivity contribution in [3.8, 4) is 0 Å². The summed E-state index contributed by atoms with van der Waals surface area (Å²) < 4.78 is 51.9. The number of carboxylic acids is 2. The van der Waals surface area contributed by atoms with Crippen LogP contribution in [0.3, 0.4) is 0 Å². The summed E-state index contributed by atoms with van der Waals surface area (Å²) in [6, 6.07) is 8.18. The van der Waals surface area contributed by atoms with Gasteiger partial charge in [-0.05, 0) is 24.3 Å². The molecule has 9 nitrogen and oxygen atoms in total. The second-order valence-corrected chi connectivity index (χ2v) is 9.66. The van der Waals surface area contributed by atoms with Crippen LogP contribution >= 0.6 is 0 Å². The largest absolute Gasteiger partial charge is 1.00 e. The minimum absolute atomic E-state index is 0. The molecule has 0 bridgehead atoms. The van der Waals surface area contributed by atoms with E-state index in [9.17, 15) is 26.4 Å². The van der Waals surface area contributed by atoms with E-state index in [0.29, 0.717) is 6.07 Å². The molecule has 0 aliphatic heterocycles. The van der Waals surface area contributed by atoms with Crippen LogP contribution in [0.25, 0.3) is 4.72 Å². The Bertz CT molecular complexity index is 1060. The van der Waals surface area contributed by atoms with Crippen LogP contribution in [0.1, 0.15) is 20.7 Å². The number of hydrogen-bond donors (Lipinski definition) is 2. The minimum atomic E-state index is -5.14. The third-order valence-electron chi connectivity index (χ3n) is 2.96. The number of hydrogen-bond acceptors (Lipinski definition) is 6. The zero-order valence-corrected chi connectivity index (χ0v) is 14.9. The third-order valence-corrected chi connectivity index (χ3v) is 7.24. The van der Waals surface area contributed by atoms with Gasteiger partial charge in [0.2, 0.25) is 9.06 Å². The average molecular weight is 391 g/mol. The van der Waals surface area contributed by atoms with Crippen molar-refractivity contribution in [3.05, 3.63) is 64.4 Å². The summed E-state index contributed by atoms with van der Waals surface area (Å²) in [5.41, 5.74) is -1.08. The molecule has 0 aromatic heterocycles. The van der Waals surface area contributed by atoms with Crippen LogP contribution < -0.4 is 18.9 Å². The van der Waals surface area contributed by atoms with Gasteiger partial charge in [-0.25, -0.2) is 26.4 Å². The van der Waals surface area contributed by atoms with E-state index in [1.807, 2.05) is 0 Å². The predicted octanol–water partition coefficient (Wildman–Crippen LogP) is -1.19. The van der Waals surface area contributed by atoms with Crippen LogP contribution in [0.15, 0.2) is 53.4 Å². The first-order valence-electron chi connectivity index (χ1n) is 6.44. The summed E-state index contributed by atoms with van der Waals surface area (Å²) in [7, 11) is -10.2. The maximum absolute atomic E-state index is 12.3. The molecule has 2 N–H and O–H groups in total. The van der Waals surface area contributed by atoms with Gasteiger partial charge in [-0.15, -0.1) is 5.69 Å². The van der Waals surface area contributed by atoms with Gasteiger partial charge in [-0.3, -0.25) is 0 Å². The molecule has 0 spiro atoms. The van der Waals surface area contributed by atoms with Crippen molar-refractivity contribution in [2.45, 2.75) is 4.90 Å². The molecule has 0 aliphatic carbocycles. The Morgan fingerprint density at radius 1 is 0.808 bits per heavy atom. The quantitative estimate of drug-likeness (QED) is 0.460. The molecule has 26 heavy (non-hydrogen) atoms. The summed E-state index contributed by atoms with van der Waals surface area (Å²) in [6.45, 7) is 0. The predicted molar refractivity (Wildman–Crippen MR) is 85.9 cm³/mol. The second kappa shape index (κ2) is 7.92. The van der Waals surface area contributed by atoms with Crippen LogP contribution in [0.4, 0.5) is 5.69 Å². The van der Waals surface area contributed by atoms with Crippen molar-refractivity contribution in [3.63, 3.8) is 0 Å². The molecular weight excluding hydrogens is 381 g/mol. The van der Waals surface area contributed by atoms with Gasteiger partial charge in [0.25, 0.3) is 8.87 Å². The summed E-state index contributed by atoms with van der Waals surface area (Å²) in [6.07, 6.45) is 0. The SMILES string of the molecule is O=C(O)c1cccc([N-]S(=O)(=O)S(=O)(=O)c2cccc(C(=O)O)c2)c1.[Li+]. The molecule has 12 heteroatoms. The molecule has 0 fully saturated rings. The fraction of sp³-hybridized carbons (Fsp3) is 0. The zero-order valence-electron chi connectivity index (χ0n) is 13.2. The number of benzene rings is 2. The van der Waals surface area contributed by atoms with Gasteiger partial charge in [0, 0.05) is 0 Å². The van der Waals surface area contributed by atoms with Gasteiger partial charge in [-0.2, -0.15) is 0 Å².